The maximum atomic E-state index is 12.3. The van der Waals surface area contributed by atoms with Gasteiger partial charge in [0, 0.05) is 44.3 Å². The Morgan fingerprint density at radius 2 is 2.33 bits per heavy atom. The predicted octanol–water partition coefficient (Wildman–Crippen LogP) is 0.747. The lowest BCUT2D eigenvalue weighted by molar-refractivity contribution is -0.131. The van der Waals surface area contributed by atoms with Crippen molar-refractivity contribution in [2.45, 2.75) is 33.2 Å². The Morgan fingerprint density at radius 3 is 3.00 bits per heavy atom. The zero-order valence-electron chi connectivity index (χ0n) is 12.9. The van der Waals surface area contributed by atoms with Gasteiger partial charge in [-0.3, -0.25) is 9.48 Å². The van der Waals surface area contributed by atoms with Crippen LogP contribution in [0.4, 0.5) is 0 Å². The Kier molecular flexibility index (Phi) is 5.76. The largest absolute Gasteiger partial charge is 0.396 e. The Labute approximate surface area is 125 Å². The maximum absolute atomic E-state index is 12.3. The molecule has 1 N–H and O–H groups in total. The maximum Gasteiger partial charge on any atom is 0.222 e. The molecule has 1 aliphatic rings. The van der Waals surface area contributed by atoms with Crippen molar-refractivity contribution in [1.82, 2.24) is 14.7 Å². The Hall–Kier alpha value is -1.40. The lowest BCUT2D eigenvalue weighted by Gasteiger charge is -2.22. The summed E-state index contributed by atoms with van der Waals surface area (Å²) in [6.07, 6.45) is 1.29. The summed E-state index contributed by atoms with van der Waals surface area (Å²) in [5, 5.41) is 13.6. The number of hydrogen-bond donors (Lipinski definition) is 1. The number of nitrogens with zero attached hydrogens (tertiary/aromatic N) is 3. The van der Waals surface area contributed by atoms with Gasteiger partial charge in [0.25, 0.3) is 0 Å². The number of amides is 1. The SMILES string of the molecule is Cc1cc(C)n(CCCC(=O)N2CCOC[C@@H](CO)C2)n1. The highest BCUT2D eigenvalue weighted by atomic mass is 16.5. The molecule has 2 rings (SSSR count). The van der Waals surface area contributed by atoms with Crippen LogP contribution in [-0.2, 0) is 16.1 Å². The van der Waals surface area contributed by atoms with Crippen LogP contribution in [0.5, 0.6) is 0 Å². The number of aliphatic hydroxyl groups excluding tert-OH is 1. The van der Waals surface area contributed by atoms with Gasteiger partial charge < -0.3 is 14.7 Å². The zero-order chi connectivity index (χ0) is 15.2. The van der Waals surface area contributed by atoms with Gasteiger partial charge in [-0.1, -0.05) is 0 Å². The van der Waals surface area contributed by atoms with Crippen LogP contribution in [0.3, 0.4) is 0 Å². The molecule has 1 atom stereocenters. The van der Waals surface area contributed by atoms with E-state index in [2.05, 4.69) is 5.10 Å². The molecule has 1 aromatic rings. The van der Waals surface area contributed by atoms with Crippen molar-refractivity contribution in [2.75, 3.05) is 32.9 Å². The first kappa shape index (κ1) is 16.0. The smallest absolute Gasteiger partial charge is 0.222 e. The molecular formula is C15H25N3O3. The molecule has 0 spiro atoms. The Morgan fingerprint density at radius 1 is 1.52 bits per heavy atom. The van der Waals surface area contributed by atoms with E-state index < -0.39 is 0 Å². The molecule has 1 fully saturated rings. The van der Waals surface area contributed by atoms with Crippen LogP contribution in [0.2, 0.25) is 0 Å². The minimum Gasteiger partial charge on any atom is -0.396 e. The molecule has 6 heteroatoms. The molecule has 0 unspecified atom stereocenters. The quantitative estimate of drug-likeness (QED) is 0.870. The third-order valence-corrected chi connectivity index (χ3v) is 3.81. The number of carbonyl (C=O) groups is 1. The molecule has 21 heavy (non-hydrogen) atoms. The second-order valence-corrected chi connectivity index (χ2v) is 5.72. The van der Waals surface area contributed by atoms with E-state index in [4.69, 9.17) is 4.74 Å². The standard InChI is InChI=1S/C15H25N3O3/c1-12-8-13(2)18(16-12)5-3-4-15(20)17-6-7-21-11-14(9-17)10-19/h8,14,19H,3-7,9-11H2,1-2H3/t14-/m1/s1. The third-order valence-electron chi connectivity index (χ3n) is 3.81. The summed E-state index contributed by atoms with van der Waals surface area (Å²) in [6, 6.07) is 2.04. The second-order valence-electron chi connectivity index (χ2n) is 5.72. The van der Waals surface area contributed by atoms with Crippen LogP contribution in [0, 0.1) is 19.8 Å². The first-order valence-electron chi connectivity index (χ1n) is 7.57. The fourth-order valence-electron chi connectivity index (χ4n) is 2.66. The minimum atomic E-state index is 0.0347. The molecule has 0 saturated carbocycles. The number of aromatic nitrogens is 2. The van der Waals surface area contributed by atoms with E-state index in [-0.39, 0.29) is 18.4 Å². The van der Waals surface area contributed by atoms with Crippen molar-refractivity contribution in [1.29, 1.82) is 0 Å². The predicted molar refractivity (Wildman–Crippen MR) is 78.9 cm³/mol. The second kappa shape index (κ2) is 7.56. The van der Waals surface area contributed by atoms with E-state index in [0.29, 0.717) is 32.7 Å². The summed E-state index contributed by atoms with van der Waals surface area (Å²) in [5.74, 6) is 0.174. The van der Waals surface area contributed by atoms with Crippen LogP contribution in [0.15, 0.2) is 6.07 Å². The molecule has 0 radical (unpaired) electrons. The van der Waals surface area contributed by atoms with Gasteiger partial charge in [0.15, 0.2) is 0 Å². The lowest BCUT2D eigenvalue weighted by atomic mass is 10.1. The molecule has 0 aliphatic carbocycles. The van der Waals surface area contributed by atoms with Crippen LogP contribution >= 0.6 is 0 Å². The van der Waals surface area contributed by atoms with E-state index in [1.165, 1.54) is 0 Å². The highest BCUT2D eigenvalue weighted by Crippen LogP contribution is 2.10. The van der Waals surface area contributed by atoms with E-state index in [1.54, 1.807) is 0 Å². The number of carbonyl (C=O) groups excluding carboxylic acids is 1. The average Bonchev–Trinajstić information content (AvgIpc) is 2.68. The lowest BCUT2D eigenvalue weighted by Crippen LogP contribution is -2.36. The summed E-state index contributed by atoms with van der Waals surface area (Å²) in [6.45, 7) is 7.13. The number of aliphatic hydroxyl groups is 1. The van der Waals surface area contributed by atoms with Crippen LogP contribution in [-0.4, -0.2) is 58.6 Å². The third kappa shape index (κ3) is 4.54. The fourth-order valence-corrected chi connectivity index (χ4v) is 2.66. The zero-order valence-corrected chi connectivity index (χ0v) is 12.9. The number of hydrogen-bond acceptors (Lipinski definition) is 4. The monoisotopic (exact) mass is 295 g/mol. The van der Waals surface area contributed by atoms with Crippen LogP contribution in [0.1, 0.15) is 24.2 Å². The van der Waals surface area contributed by atoms with Gasteiger partial charge in [-0.05, 0) is 26.3 Å². The van der Waals surface area contributed by atoms with Crippen LogP contribution in [0.25, 0.3) is 0 Å². The van der Waals surface area contributed by atoms with Crippen molar-refractivity contribution < 1.29 is 14.6 Å². The van der Waals surface area contributed by atoms with Gasteiger partial charge in [0.2, 0.25) is 5.91 Å². The van der Waals surface area contributed by atoms with Gasteiger partial charge >= 0.3 is 0 Å². The van der Waals surface area contributed by atoms with Crippen LogP contribution < -0.4 is 0 Å². The Balaban J connectivity index is 1.79. The fraction of sp³-hybridized carbons (Fsp3) is 0.733. The van der Waals surface area contributed by atoms with Gasteiger partial charge in [-0.2, -0.15) is 5.10 Å². The van der Waals surface area contributed by atoms with E-state index in [9.17, 15) is 9.90 Å². The number of ether oxygens (including phenoxy) is 1. The minimum absolute atomic E-state index is 0.0347. The summed E-state index contributed by atoms with van der Waals surface area (Å²) >= 11 is 0. The molecule has 1 aliphatic heterocycles. The van der Waals surface area contributed by atoms with Crippen molar-refractivity contribution in [2.24, 2.45) is 5.92 Å². The molecule has 6 nitrogen and oxygen atoms in total. The molecule has 1 saturated heterocycles. The van der Waals surface area contributed by atoms with E-state index in [0.717, 1.165) is 24.4 Å². The molecule has 1 aromatic heterocycles. The highest BCUT2D eigenvalue weighted by Gasteiger charge is 2.21. The van der Waals surface area contributed by atoms with Gasteiger partial charge in [0.1, 0.15) is 0 Å². The normalized spacial score (nSPS) is 19.6. The molecule has 0 bridgehead atoms. The van der Waals surface area contributed by atoms with Crippen molar-refractivity contribution in [3.8, 4) is 0 Å². The van der Waals surface area contributed by atoms with Crippen molar-refractivity contribution in [3.05, 3.63) is 17.5 Å². The molecular weight excluding hydrogens is 270 g/mol. The topological polar surface area (TPSA) is 67.6 Å². The van der Waals surface area contributed by atoms with Gasteiger partial charge in [-0.25, -0.2) is 0 Å². The highest BCUT2D eigenvalue weighted by molar-refractivity contribution is 5.76. The average molecular weight is 295 g/mol. The molecule has 2 heterocycles. The van der Waals surface area contributed by atoms with Crippen molar-refractivity contribution >= 4 is 5.91 Å². The Bertz CT molecular complexity index is 473. The van der Waals surface area contributed by atoms with Gasteiger partial charge in [0.05, 0.1) is 18.9 Å². The number of rotatable bonds is 5. The number of aryl methyl sites for hydroxylation is 3. The summed E-state index contributed by atoms with van der Waals surface area (Å²) in [7, 11) is 0. The summed E-state index contributed by atoms with van der Waals surface area (Å²) in [4.78, 5) is 14.1. The summed E-state index contributed by atoms with van der Waals surface area (Å²) in [5.41, 5.74) is 2.14. The molecule has 1 amide bonds. The first-order chi connectivity index (χ1) is 10.1. The van der Waals surface area contributed by atoms with Crippen molar-refractivity contribution in [3.63, 3.8) is 0 Å². The van der Waals surface area contributed by atoms with E-state index >= 15 is 0 Å². The van der Waals surface area contributed by atoms with E-state index in [1.807, 2.05) is 29.5 Å². The van der Waals surface area contributed by atoms with Gasteiger partial charge in [-0.15, -0.1) is 0 Å². The molecule has 118 valence electrons. The molecule has 0 aromatic carbocycles. The summed E-state index contributed by atoms with van der Waals surface area (Å²) < 4.78 is 7.35. The first-order valence-corrected chi connectivity index (χ1v) is 7.57.